The standard InChI is InChI=1S/C18H29NO3S/c1-14(2)17-8-6-16(7-9-17)12-23(21)13-18(20)19-10-5-11-22-15(3)4/h6-9,14-15H,5,10-13H2,1-4H3,(H,19,20)/t23-/m1/s1. The van der Waals surface area contributed by atoms with Crippen LogP contribution >= 0.6 is 0 Å². The van der Waals surface area contributed by atoms with E-state index in [0.717, 1.165) is 12.0 Å². The maximum Gasteiger partial charge on any atom is 0.232 e. The van der Waals surface area contributed by atoms with E-state index in [9.17, 15) is 9.00 Å². The lowest BCUT2D eigenvalue weighted by Gasteiger charge is -2.09. The first-order chi connectivity index (χ1) is 10.9. The Labute approximate surface area is 142 Å². The molecule has 0 spiro atoms. The van der Waals surface area contributed by atoms with Crippen molar-refractivity contribution in [2.75, 3.05) is 18.9 Å². The summed E-state index contributed by atoms with van der Waals surface area (Å²) in [5.74, 6) is 0.797. The number of amides is 1. The van der Waals surface area contributed by atoms with E-state index in [1.165, 1.54) is 5.56 Å². The Morgan fingerprint density at radius 2 is 1.83 bits per heavy atom. The van der Waals surface area contributed by atoms with Gasteiger partial charge in [0.2, 0.25) is 5.91 Å². The predicted molar refractivity (Wildman–Crippen MR) is 96.0 cm³/mol. The molecule has 0 saturated heterocycles. The largest absolute Gasteiger partial charge is 0.379 e. The Hall–Kier alpha value is -1.20. The van der Waals surface area contributed by atoms with E-state index < -0.39 is 10.8 Å². The molecule has 1 atom stereocenters. The maximum absolute atomic E-state index is 12.0. The van der Waals surface area contributed by atoms with Gasteiger partial charge in [0.15, 0.2) is 0 Å². The van der Waals surface area contributed by atoms with Crippen molar-refractivity contribution in [3.63, 3.8) is 0 Å². The van der Waals surface area contributed by atoms with Gasteiger partial charge in [-0.1, -0.05) is 38.1 Å². The van der Waals surface area contributed by atoms with Crippen LogP contribution in [0.4, 0.5) is 0 Å². The van der Waals surface area contributed by atoms with Crippen LogP contribution < -0.4 is 5.32 Å². The molecule has 0 aliphatic heterocycles. The minimum atomic E-state index is -1.18. The second-order valence-corrected chi connectivity index (χ2v) is 7.70. The highest BCUT2D eigenvalue weighted by Gasteiger charge is 2.09. The molecular formula is C18H29NO3S. The molecule has 5 heteroatoms. The third-order valence-electron chi connectivity index (χ3n) is 3.36. The minimum Gasteiger partial charge on any atom is -0.379 e. The van der Waals surface area contributed by atoms with E-state index in [-0.39, 0.29) is 17.8 Å². The van der Waals surface area contributed by atoms with Gasteiger partial charge < -0.3 is 10.1 Å². The maximum atomic E-state index is 12.0. The fourth-order valence-electron chi connectivity index (χ4n) is 2.05. The van der Waals surface area contributed by atoms with Crippen molar-refractivity contribution in [2.45, 2.75) is 51.9 Å². The fourth-order valence-corrected chi connectivity index (χ4v) is 3.11. The molecule has 0 radical (unpaired) electrons. The Balaban J connectivity index is 2.26. The van der Waals surface area contributed by atoms with E-state index in [1.807, 2.05) is 26.0 Å². The first-order valence-corrected chi connectivity index (χ1v) is 9.69. The van der Waals surface area contributed by atoms with Crippen LogP contribution in [-0.2, 0) is 26.1 Å². The van der Waals surface area contributed by atoms with E-state index in [2.05, 4.69) is 31.3 Å². The molecule has 1 amide bonds. The summed E-state index contributed by atoms with van der Waals surface area (Å²) in [4.78, 5) is 11.7. The summed E-state index contributed by atoms with van der Waals surface area (Å²) in [6, 6.07) is 8.11. The van der Waals surface area contributed by atoms with Crippen LogP contribution in [0.25, 0.3) is 0 Å². The van der Waals surface area contributed by atoms with Crippen LogP contribution in [0.5, 0.6) is 0 Å². The number of rotatable bonds is 10. The summed E-state index contributed by atoms with van der Waals surface area (Å²) >= 11 is 0. The van der Waals surface area contributed by atoms with Crippen LogP contribution in [0.1, 0.15) is 51.2 Å². The number of benzene rings is 1. The van der Waals surface area contributed by atoms with E-state index in [1.54, 1.807) is 0 Å². The van der Waals surface area contributed by atoms with Gasteiger partial charge in [0, 0.05) is 29.7 Å². The molecule has 0 heterocycles. The zero-order valence-electron chi connectivity index (χ0n) is 14.6. The smallest absolute Gasteiger partial charge is 0.232 e. The highest BCUT2D eigenvalue weighted by molar-refractivity contribution is 7.84. The fraction of sp³-hybridized carbons (Fsp3) is 0.611. The lowest BCUT2D eigenvalue weighted by atomic mass is 10.0. The first-order valence-electron chi connectivity index (χ1n) is 8.20. The van der Waals surface area contributed by atoms with E-state index in [0.29, 0.717) is 24.8 Å². The molecule has 0 aromatic heterocycles. The lowest BCUT2D eigenvalue weighted by Crippen LogP contribution is -2.30. The van der Waals surface area contributed by atoms with Gasteiger partial charge in [-0.15, -0.1) is 0 Å². The van der Waals surface area contributed by atoms with E-state index >= 15 is 0 Å². The van der Waals surface area contributed by atoms with Crippen molar-refractivity contribution in [3.05, 3.63) is 35.4 Å². The summed E-state index contributed by atoms with van der Waals surface area (Å²) in [6.07, 6.45) is 0.980. The quantitative estimate of drug-likeness (QED) is 0.667. The minimum absolute atomic E-state index is 0.0525. The number of hydrogen-bond donors (Lipinski definition) is 1. The molecule has 4 nitrogen and oxygen atoms in total. The second-order valence-electron chi connectivity index (χ2n) is 6.25. The van der Waals surface area contributed by atoms with Crippen molar-refractivity contribution >= 4 is 16.7 Å². The third-order valence-corrected chi connectivity index (χ3v) is 4.60. The molecule has 1 rings (SSSR count). The van der Waals surface area contributed by atoms with Crippen molar-refractivity contribution in [1.29, 1.82) is 0 Å². The van der Waals surface area contributed by atoms with Gasteiger partial charge in [-0.2, -0.15) is 0 Å². The van der Waals surface area contributed by atoms with Gasteiger partial charge in [-0.05, 0) is 37.3 Å². The topological polar surface area (TPSA) is 55.4 Å². The molecular weight excluding hydrogens is 310 g/mol. The number of hydrogen-bond acceptors (Lipinski definition) is 3. The Morgan fingerprint density at radius 3 is 2.39 bits per heavy atom. The summed E-state index contributed by atoms with van der Waals surface area (Å²) in [7, 11) is -1.18. The molecule has 130 valence electrons. The summed E-state index contributed by atoms with van der Waals surface area (Å²) in [6.45, 7) is 9.44. The molecule has 0 aliphatic rings. The second kappa shape index (κ2) is 10.6. The van der Waals surface area contributed by atoms with Crippen LogP contribution in [0, 0.1) is 0 Å². The molecule has 0 saturated carbocycles. The zero-order valence-corrected chi connectivity index (χ0v) is 15.4. The molecule has 0 unspecified atom stereocenters. The highest BCUT2D eigenvalue weighted by Crippen LogP contribution is 2.15. The molecule has 0 fully saturated rings. The van der Waals surface area contributed by atoms with Crippen molar-refractivity contribution in [2.24, 2.45) is 0 Å². The van der Waals surface area contributed by atoms with Gasteiger partial charge in [0.25, 0.3) is 0 Å². The van der Waals surface area contributed by atoms with Gasteiger partial charge in [-0.3, -0.25) is 9.00 Å². The van der Waals surface area contributed by atoms with Crippen LogP contribution in [0.2, 0.25) is 0 Å². The van der Waals surface area contributed by atoms with Crippen molar-refractivity contribution in [3.8, 4) is 0 Å². The van der Waals surface area contributed by atoms with Gasteiger partial charge in [0.1, 0.15) is 5.75 Å². The molecule has 0 aliphatic carbocycles. The van der Waals surface area contributed by atoms with E-state index in [4.69, 9.17) is 4.74 Å². The monoisotopic (exact) mass is 339 g/mol. The number of nitrogens with one attached hydrogen (secondary N) is 1. The SMILES string of the molecule is CC(C)OCCCNC(=O)C[S@](=O)Cc1ccc(C(C)C)cc1. The Bertz CT molecular complexity index is 497. The van der Waals surface area contributed by atoms with Crippen molar-refractivity contribution in [1.82, 2.24) is 5.32 Å². The van der Waals surface area contributed by atoms with Crippen molar-refractivity contribution < 1.29 is 13.7 Å². The van der Waals surface area contributed by atoms with Crippen LogP contribution in [0.3, 0.4) is 0 Å². The van der Waals surface area contributed by atoms with Gasteiger partial charge in [0.05, 0.1) is 6.10 Å². The predicted octanol–water partition coefficient (Wildman–Crippen LogP) is 2.99. The highest BCUT2D eigenvalue weighted by atomic mass is 32.2. The molecule has 1 aromatic rings. The summed E-state index contributed by atoms with van der Waals surface area (Å²) < 4.78 is 17.4. The molecule has 23 heavy (non-hydrogen) atoms. The summed E-state index contributed by atoms with van der Waals surface area (Å²) in [5, 5.41) is 2.79. The Kier molecular flexibility index (Phi) is 9.10. The average molecular weight is 340 g/mol. The summed E-state index contributed by atoms with van der Waals surface area (Å²) in [5.41, 5.74) is 2.27. The molecule has 1 N–H and O–H groups in total. The average Bonchev–Trinajstić information content (AvgIpc) is 2.46. The van der Waals surface area contributed by atoms with Gasteiger partial charge >= 0.3 is 0 Å². The number of carbonyl (C=O) groups excluding carboxylic acids is 1. The zero-order chi connectivity index (χ0) is 17.2. The normalized spacial score (nSPS) is 12.6. The number of ether oxygens (including phenoxy) is 1. The van der Waals surface area contributed by atoms with Gasteiger partial charge in [-0.25, -0.2) is 0 Å². The first kappa shape index (κ1) is 19.8. The number of carbonyl (C=O) groups is 1. The van der Waals surface area contributed by atoms with Crippen LogP contribution in [0.15, 0.2) is 24.3 Å². The molecule has 0 bridgehead atoms. The molecule has 1 aromatic carbocycles. The Morgan fingerprint density at radius 1 is 1.17 bits per heavy atom. The van der Waals surface area contributed by atoms with Crippen LogP contribution in [-0.4, -0.2) is 35.1 Å². The third kappa shape index (κ3) is 8.86. The lowest BCUT2D eigenvalue weighted by molar-refractivity contribution is -0.118.